The third-order valence-electron chi connectivity index (χ3n) is 5.57. The molecule has 6 heteroatoms. The van der Waals surface area contributed by atoms with Crippen molar-refractivity contribution in [1.82, 2.24) is 15.2 Å². The highest BCUT2D eigenvalue weighted by atomic mass is 16.5. The second-order valence-electron chi connectivity index (χ2n) is 7.77. The molecule has 0 spiro atoms. The Bertz CT molecular complexity index is 1030. The van der Waals surface area contributed by atoms with E-state index in [4.69, 9.17) is 4.74 Å². The molecule has 0 bridgehead atoms. The molecular formula is C24H27N3O3. The number of rotatable bonds is 6. The summed E-state index contributed by atoms with van der Waals surface area (Å²) in [6.07, 6.45) is 0.671. The Hall–Kier alpha value is -2.96. The van der Waals surface area contributed by atoms with Gasteiger partial charge in [-0.3, -0.25) is 14.7 Å². The monoisotopic (exact) mass is 405 g/mol. The zero-order valence-corrected chi connectivity index (χ0v) is 17.3. The number of pyridine rings is 1. The molecule has 0 fully saturated rings. The van der Waals surface area contributed by atoms with Crippen LogP contribution in [0.25, 0.3) is 10.9 Å². The molecule has 1 aliphatic heterocycles. The summed E-state index contributed by atoms with van der Waals surface area (Å²) in [5, 5.41) is 14.3. The molecule has 30 heavy (non-hydrogen) atoms. The predicted octanol–water partition coefficient (Wildman–Crippen LogP) is 2.88. The molecule has 0 saturated carbocycles. The smallest absolute Gasteiger partial charge is 0.262 e. The quantitative estimate of drug-likeness (QED) is 0.660. The zero-order valence-electron chi connectivity index (χ0n) is 17.3. The Balaban J connectivity index is 1.45. The van der Waals surface area contributed by atoms with Gasteiger partial charge in [0, 0.05) is 24.7 Å². The van der Waals surface area contributed by atoms with Gasteiger partial charge in [0.05, 0.1) is 6.10 Å². The largest absolute Gasteiger partial charge is 0.479 e. The topological polar surface area (TPSA) is 74.7 Å². The van der Waals surface area contributed by atoms with Crippen LogP contribution in [0, 0.1) is 0 Å². The minimum atomic E-state index is -0.726. The van der Waals surface area contributed by atoms with Gasteiger partial charge in [0.1, 0.15) is 17.4 Å². The second-order valence-corrected chi connectivity index (χ2v) is 7.77. The normalized spacial score (nSPS) is 17.0. The van der Waals surface area contributed by atoms with Gasteiger partial charge in [0.15, 0.2) is 6.10 Å². The average molecular weight is 405 g/mol. The Labute approximate surface area is 176 Å². The highest BCUT2D eigenvalue weighted by molar-refractivity contribution is 5.85. The van der Waals surface area contributed by atoms with Crippen LogP contribution in [0.15, 0.2) is 60.8 Å². The van der Waals surface area contributed by atoms with Crippen molar-refractivity contribution < 1.29 is 14.6 Å². The molecule has 2 heterocycles. The molecule has 0 radical (unpaired) electrons. The summed E-state index contributed by atoms with van der Waals surface area (Å²) in [6.45, 7) is 4.87. The first-order valence-corrected chi connectivity index (χ1v) is 10.3. The number of hydrogen-bond donors (Lipinski definition) is 2. The van der Waals surface area contributed by atoms with Crippen LogP contribution in [-0.4, -0.2) is 45.8 Å². The number of carbonyl (C=O) groups excluding carboxylic acids is 1. The summed E-state index contributed by atoms with van der Waals surface area (Å²) in [5.41, 5.74) is 3.28. The van der Waals surface area contributed by atoms with Crippen molar-refractivity contribution >= 4 is 16.8 Å². The van der Waals surface area contributed by atoms with Crippen LogP contribution in [0.3, 0.4) is 0 Å². The van der Waals surface area contributed by atoms with E-state index < -0.39 is 18.4 Å². The molecule has 0 saturated heterocycles. The number of aliphatic hydroxyl groups excluding tert-OH is 1. The molecule has 3 atom stereocenters. The number of carbonyl (C=O) groups is 1. The Morgan fingerprint density at radius 1 is 1.10 bits per heavy atom. The van der Waals surface area contributed by atoms with Crippen LogP contribution >= 0.6 is 0 Å². The Morgan fingerprint density at radius 2 is 1.87 bits per heavy atom. The van der Waals surface area contributed by atoms with Gasteiger partial charge in [0.2, 0.25) is 0 Å². The van der Waals surface area contributed by atoms with Gasteiger partial charge in [-0.1, -0.05) is 42.5 Å². The van der Waals surface area contributed by atoms with Gasteiger partial charge < -0.3 is 15.2 Å². The van der Waals surface area contributed by atoms with Crippen molar-refractivity contribution in [2.75, 3.05) is 6.54 Å². The second kappa shape index (κ2) is 8.81. The number of benzene rings is 2. The molecule has 0 aliphatic carbocycles. The summed E-state index contributed by atoms with van der Waals surface area (Å²) < 4.78 is 5.94. The number of fused-ring (bicyclic) bond motifs is 2. The number of aliphatic hydroxyl groups is 1. The minimum Gasteiger partial charge on any atom is -0.479 e. The van der Waals surface area contributed by atoms with Crippen molar-refractivity contribution in [3.8, 4) is 5.75 Å². The van der Waals surface area contributed by atoms with E-state index in [0.717, 1.165) is 23.9 Å². The maximum Gasteiger partial charge on any atom is 0.262 e. The molecular weight excluding hydrogens is 378 g/mol. The van der Waals surface area contributed by atoms with Crippen molar-refractivity contribution in [1.29, 1.82) is 0 Å². The molecule has 156 valence electrons. The van der Waals surface area contributed by atoms with Gasteiger partial charge in [-0.25, -0.2) is 0 Å². The third kappa shape index (κ3) is 4.30. The van der Waals surface area contributed by atoms with Crippen LogP contribution in [0.2, 0.25) is 0 Å². The maximum absolute atomic E-state index is 12.9. The van der Waals surface area contributed by atoms with Gasteiger partial charge >= 0.3 is 0 Å². The fourth-order valence-corrected chi connectivity index (χ4v) is 3.95. The molecule has 1 aliphatic rings. The lowest BCUT2D eigenvalue weighted by Gasteiger charge is -2.37. The number of hydrogen-bond acceptors (Lipinski definition) is 5. The number of para-hydroxylation sites is 1. The predicted molar refractivity (Wildman–Crippen MR) is 116 cm³/mol. The fourth-order valence-electron chi connectivity index (χ4n) is 3.95. The lowest BCUT2D eigenvalue weighted by molar-refractivity contribution is -0.131. The molecule has 2 aromatic carbocycles. The fraction of sp³-hybridized carbons (Fsp3) is 0.333. The van der Waals surface area contributed by atoms with Crippen molar-refractivity contribution in [2.24, 2.45) is 0 Å². The number of aromatic nitrogens is 1. The molecule has 2 N–H and O–H groups in total. The maximum atomic E-state index is 12.9. The van der Waals surface area contributed by atoms with Gasteiger partial charge in [-0.15, -0.1) is 0 Å². The van der Waals surface area contributed by atoms with E-state index in [-0.39, 0.29) is 5.91 Å². The van der Waals surface area contributed by atoms with E-state index in [1.165, 1.54) is 11.1 Å². The third-order valence-corrected chi connectivity index (χ3v) is 5.57. The van der Waals surface area contributed by atoms with E-state index in [1.54, 1.807) is 20.0 Å². The zero-order chi connectivity index (χ0) is 21.1. The summed E-state index contributed by atoms with van der Waals surface area (Å²) >= 11 is 0. The summed E-state index contributed by atoms with van der Waals surface area (Å²) in [7, 11) is 0. The van der Waals surface area contributed by atoms with E-state index >= 15 is 0 Å². The highest BCUT2D eigenvalue weighted by Gasteiger charge is 2.30. The van der Waals surface area contributed by atoms with Gasteiger partial charge in [-0.2, -0.15) is 0 Å². The van der Waals surface area contributed by atoms with Crippen LogP contribution in [-0.2, 0) is 17.8 Å². The lowest BCUT2D eigenvalue weighted by atomic mass is 9.99. The molecule has 1 aromatic heterocycles. The van der Waals surface area contributed by atoms with Crippen molar-refractivity contribution in [3.63, 3.8) is 0 Å². The number of nitrogens with one attached hydrogen (secondary N) is 1. The number of amides is 1. The minimum absolute atomic E-state index is 0.271. The summed E-state index contributed by atoms with van der Waals surface area (Å²) in [6, 6.07) is 17.8. The summed E-state index contributed by atoms with van der Waals surface area (Å²) in [4.78, 5) is 19.4. The first-order valence-electron chi connectivity index (χ1n) is 10.3. The standard InChI is InChI=1S/C24H27N3O3/c1-16(28)23(27-14-12-18-7-3-4-8-20(18)15-27)26-24(29)17(2)30-21-11-5-9-19-10-6-13-25-22(19)21/h3-11,13,16-17,23,28H,12,14-15H2,1-2H3,(H,26,29)/t16-,17+,23?/m0/s1. The average Bonchev–Trinajstić information content (AvgIpc) is 2.77. The SMILES string of the molecule is C[C@H](O)C(NC(=O)[C@@H](C)Oc1cccc2cccnc12)N1CCc2ccccc2C1. The first-order chi connectivity index (χ1) is 14.5. The van der Waals surface area contributed by atoms with E-state index in [1.807, 2.05) is 42.5 Å². The molecule has 1 amide bonds. The van der Waals surface area contributed by atoms with E-state index in [2.05, 4.69) is 27.3 Å². The van der Waals surface area contributed by atoms with E-state index in [0.29, 0.717) is 12.3 Å². The molecule has 6 nitrogen and oxygen atoms in total. The van der Waals surface area contributed by atoms with Crippen LogP contribution < -0.4 is 10.1 Å². The van der Waals surface area contributed by atoms with Crippen molar-refractivity contribution in [2.45, 2.75) is 45.2 Å². The van der Waals surface area contributed by atoms with Crippen LogP contribution in [0.5, 0.6) is 5.75 Å². The number of ether oxygens (including phenoxy) is 1. The lowest BCUT2D eigenvalue weighted by Crippen LogP contribution is -2.57. The Morgan fingerprint density at radius 3 is 2.67 bits per heavy atom. The first kappa shape index (κ1) is 20.3. The number of nitrogens with zero attached hydrogens (tertiary/aromatic N) is 2. The molecule has 4 rings (SSSR count). The van der Waals surface area contributed by atoms with Crippen LogP contribution in [0.1, 0.15) is 25.0 Å². The molecule has 1 unspecified atom stereocenters. The molecule has 3 aromatic rings. The van der Waals surface area contributed by atoms with Crippen molar-refractivity contribution in [3.05, 3.63) is 71.9 Å². The highest BCUT2D eigenvalue weighted by Crippen LogP contribution is 2.24. The van der Waals surface area contributed by atoms with E-state index in [9.17, 15) is 9.90 Å². The Kier molecular flexibility index (Phi) is 5.97. The van der Waals surface area contributed by atoms with Gasteiger partial charge in [0.25, 0.3) is 5.91 Å². The van der Waals surface area contributed by atoms with Gasteiger partial charge in [-0.05, 0) is 43.5 Å². The van der Waals surface area contributed by atoms with Crippen LogP contribution in [0.4, 0.5) is 0 Å². The summed E-state index contributed by atoms with van der Waals surface area (Å²) in [5.74, 6) is 0.295.